The van der Waals surface area contributed by atoms with Crippen molar-refractivity contribution < 1.29 is 4.74 Å². The van der Waals surface area contributed by atoms with Crippen molar-refractivity contribution in [3.63, 3.8) is 0 Å². The zero-order chi connectivity index (χ0) is 14.9. The van der Waals surface area contributed by atoms with E-state index in [-0.39, 0.29) is 6.61 Å². The van der Waals surface area contributed by atoms with Crippen LogP contribution in [0.3, 0.4) is 0 Å². The molecule has 4 heteroatoms. The standard InChI is InChI=1S/C17H25N3O/c1-15(20-10-3-2-4-11-20)13-19-14-16-5-7-17(8-6-16)21-12-9-18/h5-8,15,19H,2-4,10-14H2,1H3. The Morgan fingerprint density at radius 3 is 2.62 bits per heavy atom. The van der Waals surface area contributed by atoms with Gasteiger partial charge in [-0.2, -0.15) is 5.26 Å². The van der Waals surface area contributed by atoms with Crippen LogP contribution in [0.5, 0.6) is 5.75 Å². The van der Waals surface area contributed by atoms with Crippen molar-refractivity contribution in [1.82, 2.24) is 10.2 Å². The molecule has 0 aliphatic carbocycles. The van der Waals surface area contributed by atoms with Crippen LogP contribution in [0.15, 0.2) is 24.3 Å². The third-order valence-electron chi connectivity index (χ3n) is 4.01. The Morgan fingerprint density at radius 1 is 1.24 bits per heavy atom. The number of hydrogen-bond acceptors (Lipinski definition) is 4. The van der Waals surface area contributed by atoms with Gasteiger partial charge < -0.3 is 10.1 Å². The molecule has 0 radical (unpaired) electrons. The molecule has 0 spiro atoms. The first-order valence-electron chi connectivity index (χ1n) is 7.83. The maximum atomic E-state index is 8.47. The molecular formula is C17H25N3O. The number of piperidine rings is 1. The van der Waals surface area contributed by atoms with Crippen LogP contribution < -0.4 is 10.1 Å². The van der Waals surface area contributed by atoms with E-state index in [2.05, 4.69) is 17.1 Å². The molecule has 0 saturated carbocycles. The van der Waals surface area contributed by atoms with E-state index in [1.54, 1.807) is 0 Å². The fraction of sp³-hybridized carbons (Fsp3) is 0.588. The molecule has 1 atom stereocenters. The quantitative estimate of drug-likeness (QED) is 0.837. The number of benzene rings is 1. The van der Waals surface area contributed by atoms with Gasteiger partial charge in [0.25, 0.3) is 0 Å². The minimum Gasteiger partial charge on any atom is -0.479 e. The molecule has 1 fully saturated rings. The lowest BCUT2D eigenvalue weighted by Gasteiger charge is -2.32. The van der Waals surface area contributed by atoms with Crippen molar-refractivity contribution in [3.8, 4) is 11.8 Å². The molecule has 1 heterocycles. The lowest BCUT2D eigenvalue weighted by atomic mass is 10.1. The molecule has 1 aromatic rings. The van der Waals surface area contributed by atoms with Crippen molar-refractivity contribution in [3.05, 3.63) is 29.8 Å². The summed E-state index contributed by atoms with van der Waals surface area (Å²) in [6, 6.07) is 10.5. The molecule has 2 rings (SSSR count). The van der Waals surface area contributed by atoms with Crippen LogP contribution in [0.1, 0.15) is 31.7 Å². The van der Waals surface area contributed by atoms with Crippen molar-refractivity contribution in [2.75, 3.05) is 26.2 Å². The summed E-state index contributed by atoms with van der Waals surface area (Å²) in [5, 5.41) is 12.0. The predicted molar refractivity (Wildman–Crippen MR) is 84.1 cm³/mol. The summed E-state index contributed by atoms with van der Waals surface area (Å²) in [6.07, 6.45) is 4.07. The van der Waals surface area contributed by atoms with Crippen LogP contribution >= 0.6 is 0 Å². The van der Waals surface area contributed by atoms with E-state index in [0.29, 0.717) is 6.04 Å². The molecule has 1 saturated heterocycles. The van der Waals surface area contributed by atoms with Gasteiger partial charge in [0.1, 0.15) is 11.8 Å². The Hall–Kier alpha value is -1.57. The summed E-state index contributed by atoms with van der Waals surface area (Å²) in [7, 11) is 0. The Balaban J connectivity index is 1.69. The molecule has 4 nitrogen and oxygen atoms in total. The molecule has 1 aromatic carbocycles. The third-order valence-corrected chi connectivity index (χ3v) is 4.01. The lowest BCUT2D eigenvalue weighted by Crippen LogP contribution is -2.42. The summed E-state index contributed by atoms with van der Waals surface area (Å²) >= 11 is 0. The SMILES string of the molecule is CC(CNCc1ccc(OCC#N)cc1)N1CCCCC1. The van der Waals surface area contributed by atoms with Crippen molar-refractivity contribution >= 4 is 0 Å². The minimum atomic E-state index is 0.102. The zero-order valence-electron chi connectivity index (χ0n) is 12.8. The number of nitrogens with one attached hydrogen (secondary N) is 1. The Bertz CT molecular complexity index is 446. The maximum absolute atomic E-state index is 8.47. The van der Waals surface area contributed by atoms with Crippen molar-refractivity contribution in [2.24, 2.45) is 0 Å². The number of likely N-dealkylation sites (tertiary alicyclic amines) is 1. The van der Waals surface area contributed by atoms with Gasteiger partial charge in [-0.15, -0.1) is 0 Å². The minimum absolute atomic E-state index is 0.102. The molecule has 114 valence electrons. The molecule has 1 N–H and O–H groups in total. The Labute approximate surface area is 127 Å². The molecule has 1 unspecified atom stereocenters. The van der Waals surface area contributed by atoms with E-state index in [9.17, 15) is 0 Å². The van der Waals surface area contributed by atoms with E-state index in [4.69, 9.17) is 10.00 Å². The van der Waals surface area contributed by atoms with Gasteiger partial charge >= 0.3 is 0 Å². The topological polar surface area (TPSA) is 48.3 Å². The van der Waals surface area contributed by atoms with Gasteiger partial charge in [0.2, 0.25) is 0 Å². The summed E-state index contributed by atoms with van der Waals surface area (Å²) in [4.78, 5) is 2.58. The van der Waals surface area contributed by atoms with Gasteiger partial charge in [0.15, 0.2) is 6.61 Å². The van der Waals surface area contributed by atoms with E-state index < -0.39 is 0 Å². The summed E-state index contributed by atoms with van der Waals surface area (Å²) in [5.41, 5.74) is 1.24. The van der Waals surface area contributed by atoms with E-state index >= 15 is 0 Å². The largest absolute Gasteiger partial charge is 0.479 e. The van der Waals surface area contributed by atoms with E-state index in [1.165, 1.54) is 37.9 Å². The first-order chi connectivity index (χ1) is 10.3. The molecule has 0 amide bonds. The second-order valence-corrected chi connectivity index (χ2v) is 5.67. The number of ether oxygens (including phenoxy) is 1. The van der Waals surface area contributed by atoms with Gasteiger partial charge in [-0.3, -0.25) is 4.90 Å². The Morgan fingerprint density at radius 2 is 1.95 bits per heavy atom. The van der Waals surface area contributed by atoms with Crippen LogP contribution in [0.2, 0.25) is 0 Å². The Kier molecular flexibility index (Phi) is 6.52. The van der Waals surface area contributed by atoms with Crippen LogP contribution in [-0.2, 0) is 6.54 Å². The van der Waals surface area contributed by atoms with Crippen molar-refractivity contribution in [2.45, 2.75) is 38.8 Å². The molecular weight excluding hydrogens is 262 g/mol. The fourth-order valence-corrected chi connectivity index (χ4v) is 2.73. The molecule has 1 aliphatic heterocycles. The molecule has 0 bridgehead atoms. The van der Waals surface area contributed by atoms with Crippen LogP contribution in [0.25, 0.3) is 0 Å². The van der Waals surface area contributed by atoms with Gasteiger partial charge in [0.05, 0.1) is 0 Å². The van der Waals surface area contributed by atoms with Crippen LogP contribution in [-0.4, -0.2) is 37.2 Å². The number of nitrogens with zero attached hydrogens (tertiary/aromatic N) is 2. The summed E-state index contributed by atoms with van der Waals surface area (Å²) < 4.78 is 5.24. The summed E-state index contributed by atoms with van der Waals surface area (Å²) in [6.45, 7) is 6.78. The highest BCUT2D eigenvalue weighted by molar-refractivity contribution is 5.27. The first-order valence-corrected chi connectivity index (χ1v) is 7.83. The van der Waals surface area contributed by atoms with Crippen LogP contribution in [0, 0.1) is 11.3 Å². The highest BCUT2D eigenvalue weighted by Gasteiger charge is 2.15. The second kappa shape index (κ2) is 8.66. The van der Waals surface area contributed by atoms with Gasteiger partial charge in [-0.25, -0.2) is 0 Å². The lowest BCUT2D eigenvalue weighted by molar-refractivity contribution is 0.170. The molecule has 1 aliphatic rings. The van der Waals surface area contributed by atoms with Gasteiger partial charge in [0, 0.05) is 19.1 Å². The van der Waals surface area contributed by atoms with E-state index in [1.807, 2.05) is 30.3 Å². The first kappa shape index (κ1) is 15.8. The third kappa shape index (κ3) is 5.37. The smallest absolute Gasteiger partial charge is 0.174 e. The highest BCUT2D eigenvalue weighted by atomic mass is 16.5. The molecule has 21 heavy (non-hydrogen) atoms. The number of hydrogen-bond donors (Lipinski definition) is 1. The number of nitriles is 1. The zero-order valence-corrected chi connectivity index (χ0v) is 12.8. The van der Waals surface area contributed by atoms with Crippen LogP contribution in [0.4, 0.5) is 0 Å². The van der Waals surface area contributed by atoms with Crippen molar-refractivity contribution in [1.29, 1.82) is 5.26 Å². The average molecular weight is 287 g/mol. The maximum Gasteiger partial charge on any atom is 0.174 e. The number of rotatable bonds is 7. The van der Waals surface area contributed by atoms with E-state index in [0.717, 1.165) is 18.8 Å². The summed E-state index contributed by atoms with van der Waals surface area (Å²) in [5.74, 6) is 0.752. The second-order valence-electron chi connectivity index (χ2n) is 5.67. The molecule has 0 aromatic heterocycles. The average Bonchev–Trinajstić information content (AvgIpc) is 2.55. The monoisotopic (exact) mass is 287 g/mol. The normalized spacial score (nSPS) is 17.1. The predicted octanol–water partition coefficient (Wildman–Crippen LogP) is 2.55. The fourth-order valence-electron chi connectivity index (χ4n) is 2.73. The highest BCUT2D eigenvalue weighted by Crippen LogP contribution is 2.13. The van der Waals surface area contributed by atoms with Gasteiger partial charge in [-0.05, 0) is 50.6 Å². The van der Waals surface area contributed by atoms with Gasteiger partial charge in [-0.1, -0.05) is 18.6 Å².